The lowest BCUT2D eigenvalue weighted by Gasteiger charge is -2.41. The highest BCUT2D eigenvalue weighted by atomic mass is 32.2. The van der Waals surface area contributed by atoms with Gasteiger partial charge in [0.15, 0.2) is 0 Å². The zero-order valence-corrected chi connectivity index (χ0v) is 12.7. The van der Waals surface area contributed by atoms with E-state index in [2.05, 4.69) is 0 Å². The number of amides is 1. The maximum Gasteiger partial charge on any atom is 0.282 e. The lowest BCUT2D eigenvalue weighted by atomic mass is 10.0. The molecule has 0 radical (unpaired) electrons. The van der Waals surface area contributed by atoms with Crippen molar-refractivity contribution < 1.29 is 13.2 Å². The number of likely N-dealkylation sites (N-methyl/N-ethyl adjacent to an activating group) is 1. The van der Waals surface area contributed by atoms with Crippen molar-refractivity contribution in [2.24, 2.45) is 5.92 Å². The first-order valence-electron chi connectivity index (χ1n) is 6.87. The van der Waals surface area contributed by atoms with E-state index >= 15 is 0 Å². The third kappa shape index (κ3) is 2.64. The molecule has 0 aromatic carbocycles. The molecule has 0 N–H and O–H groups in total. The van der Waals surface area contributed by atoms with Crippen LogP contribution in [-0.4, -0.2) is 67.1 Å². The molecule has 2 aliphatic heterocycles. The molecule has 2 fully saturated rings. The molecule has 2 saturated heterocycles. The molecule has 7 heteroatoms. The Morgan fingerprint density at radius 1 is 1.11 bits per heavy atom. The molecule has 0 aromatic heterocycles. The van der Waals surface area contributed by atoms with Gasteiger partial charge >= 0.3 is 0 Å². The predicted molar refractivity (Wildman–Crippen MR) is 72.7 cm³/mol. The van der Waals surface area contributed by atoms with E-state index < -0.39 is 16.3 Å². The second kappa shape index (κ2) is 5.38. The number of hydrogen-bond donors (Lipinski definition) is 0. The Morgan fingerprint density at radius 2 is 1.68 bits per heavy atom. The third-order valence-electron chi connectivity index (χ3n) is 3.91. The molecule has 0 unspecified atom stereocenters. The fourth-order valence-corrected chi connectivity index (χ4v) is 4.74. The summed E-state index contributed by atoms with van der Waals surface area (Å²) in [6.07, 6.45) is 1.82. The maximum absolute atomic E-state index is 12.6. The summed E-state index contributed by atoms with van der Waals surface area (Å²) in [5.41, 5.74) is 0. The van der Waals surface area contributed by atoms with Gasteiger partial charge in [0.2, 0.25) is 5.91 Å². The number of nitrogens with zero attached hydrogens (tertiary/aromatic N) is 3. The average Bonchev–Trinajstić information content (AvgIpc) is 2.85. The summed E-state index contributed by atoms with van der Waals surface area (Å²) >= 11 is 0. The van der Waals surface area contributed by atoms with Gasteiger partial charge < -0.3 is 4.90 Å². The monoisotopic (exact) mass is 289 g/mol. The number of rotatable bonds is 3. The smallest absolute Gasteiger partial charge is 0.282 e. The largest absolute Gasteiger partial charge is 0.343 e. The molecule has 0 aromatic rings. The molecule has 0 saturated carbocycles. The molecule has 2 heterocycles. The molecular weight excluding hydrogens is 266 g/mol. The minimum atomic E-state index is -3.49. The van der Waals surface area contributed by atoms with Crippen LogP contribution in [-0.2, 0) is 15.0 Å². The average molecular weight is 289 g/mol. The number of carbonyl (C=O) groups excluding carboxylic acids is 1. The molecule has 0 aliphatic carbocycles. The maximum atomic E-state index is 12.6. The number of hydrogen-bond acceptors (Lipinski definition) is 3. The molecule has 1 amide bonds. The van der Waals surface area contributed by atoms with Crippen LogP contribution in [0.15, 0.2) is 0 Å². The van der Waals surface area contributed by atoms with Crippen molar-refractivity contribution in [1.29, 1.82) is 0 Å². The minimum absolute atomic E-state index is 0.0207. The van der Waals surface area contributed by atoms with Crippen molar-refractivity contribution >= 4 is 16.1 Å². The van der Waals surface area contributed by atoms with Crippen LogP contribution in [0.3, 0.4) is 0 Å². The van der Waals surface area contributed by atoms with E-state index in [1.165, 1.54) is 8.61 Å². The first-order valence-corrected chi connectivity index (χ1v) is 8.27. The van der Waals surface area contributed by atoms with Gasteiger partial charge in [0.1, 0.15) is 6.04 Å². The van der Waals surface area contributed by atoms with E-state index in [4.69, 9.17) is 0 Å². The Kier molecular flexibility index (Phi) is 4.17. The quantitative estimate of drug-likeness (QED) is 0.742. The van der Waals surface area contributed by atoms with Crippen molar-refractivity contribution in [3.05, 3.63) is 0 Å². The second-order valence-electron chi connectivity index (χ2n) is 5.67. The van der Waals surface area contributed by atoms with Gasteiger partial charge in [-0.3, -0.25) is 4.79 Å². The van der Waals surface area contributed by atoms with E-state index in [0.717, 1.165) is 12.8 Å². The third-order valence-corrected chi connectivity index (χ3v) is 5.93. The van der Waals surface area contributed by atoms with Crippen LogP contribution in [0.5, 0.6) is 0 Å². The standard InChI is InChI=1S/C12H23N3O3S/c1-10(2)11-12(16)13(3)8-9-15(11)19(17,18)14-6-4-5-7-14/h10-11H,4-9H2,1-3H3/t11-/m0/s1. The molecular formula is C12H23N3O3S. The van der Waals surface area contributed by atoms with Crippen LogP contribution in [0.25, 0.3) is 0 Å². The van der Waals surface area contributed by atoms with Gasteiger partial charge in [0, 0.05) is 33.2 Å². The van der Waals surface area contributed by atoms with E-state index in [-0.39, 0.29) is 11.8 Å². The molecule has 2 aliphatic rings. The molecule has 0 bridgehead atoms. The van der Waals surface area contributed by atoms with Crippen LogP contribution in [0.2, 0.25) is 0 Å². The molecule has 0 spiro atoms. The van der Waals surface area contributed by atoms with Crippen LogP contribution >= 0.6 is 0 Å². The SMILES string of the molecule is CC(C)[C@H]1C(=O)N(C)CCN1S(=O)(=O)N1CCCC1. The summed E-state index contributed by atoms with van der Waals surface area (Å²) in [7, 11) is -1.76. The van der Waals surface area contributed by atoms with Gasteiger partial charge in [-0.15, -0.1) is 0 Å². The Balaban J connectivity index is 2.28. The van der Waals surface area contributed by atoms with Gasteiger partial charge in [-0.1, -0.05) is 13.8 Å². The van der Waals surface area contributed by atoms with E-state index in [9.17, 15) is 13.2 Å². The highest BCUT2D eigenvalue weighted by Crippen LogP contribution is 2.25. The minimum Gasteiger partial charge on any atom is -0.343 e. The topological polar surface area (TPSA) is 60.9 Å². The second-order valence-corrected chi connectivity index (χ2v) is 7.55. The summed E-state index contributed by atoms with van der Waals surface area (Å²) in [6.45, 7) is 5.81. The Morgan fingerprint density at radius 3 is 2.21 bits per heavy atom. The van der Waals surface area contributed by atoms with Gasteiger partial charge in [-0.25, -0.2) is 0 Å². The molecule has 19 heavy (non-hydrogen) atoms. The Labute approximate surface area is 115 Å². The highest BCUT2D eigenvalue weighted by molar-refractivity contribution is 7.86. The van der Waals surface area contributed by atoms with Crippen molar-refractivity contribution in [3.8, 4) is 0 Å². The lowest BCUT2D eigenvalue weighted by Crippen LogP contribution is -2.61. The van der Waals surface area contributed by atoms with E-state index in [0.29, 0.717) is 26.2 Å². The van der Waals surface area contributed by atoms with Crippen molar-refractivity contribution in [1.82, 2.24) is 13.5 Å². The summed E-state index contributed by atoms with van der Waals surface area (Å²) in [5.74, 6) is -0.114. The Hall–Kier alpha value is -0.660. The summed E-state index contributed by atoms with van der Waals surface area (Å²) in [4.78, 5) is 13.9. The van der Waals surface area contributed by atoms with Gasteiger partial charge in [0.05, 0.1) is 0 Å². The van der Waals surface area contributed by atoms with Gasteiger partial charge in [-0.2, -0.15) is 17.0 Å². The summed E-state index contributed by atoms with van der Waals surface area (Å²) < 4.78 is 28.2. The Bertz CT molecular complexity index is 443. The van der Waals surface area contributed by atoms with Gasteiger partial charge in [0.25, 0.3) is 10.2 Å². The molecule has 1 atom stereocenters. The first-order chi connectivity index (χ1) is 8.85. The number of piperazine rings is 1. The predicted octanol–water partition coefficient (Wildman–Crippen LogP) is 0.126. The molecule has 2 rings (SSSR count). The molecule has 6 nitrogen and oxygen atoms in total. The van der Waals surface area contributed by atoms with Crippen LogP contribution < -0.4 is 0 Å². The summed E-state index contributed by atoms with van der Waals surface area (Å²) in [5, 5.41) is 0. The fraction of sp³-hybridized carbons (Fsp3) is 0.917. The van der Waals surface area contributed by atoms with E-state index in [1.807, 2.05) is 13.8 Å². The zero-order chi connectivity index (χ0) is 14.2. The fourth-order valence-electron chi connectivity index (χ4n) is 2.79. The highest BCUT2D eigenvalue weighted by Gasteiger charge is 2.44. The lowest BCUT2D eigenvalue weighted by molar-refractivity contribution is -0.139. The van der Waals surface area contributed by atoms with Crippen LogP contribution in [0, 0.1) is 5.92 Å². The zero-order valence-electron chi connectivity index (χ0n) is 11.9. The van der Waals surface area contributed by atoms with Crippen LogP contribution in [0.1, 0.15) is 26.7 Å². The van der Waals surface area contributed by atoms with Crippen molar-refractivity contribution in [2.45, 2.75) is 32.7 Å². The van der Waals surface area contributed by atoms with Crippen LogP contribution in [0.4, 0.5) is 0 Å². The normalized spacial score (nSPS) is 27.5. The van der Waals surface area contributed by atoms with E-state index in [1.54, 1.807) is 11.9 Å². The van der Waals surface area contributed by atoms with Gasteiger partial charge in [-0.05, 0) is 18.8 Å². The molecule has 110 valence electrons. The van der Waals surface area contributed by atoms with Crippen molar-refractivity contribution in [2.75, 3.05) is 33.2 Å². The summed E-state index contributed by atoms with van der Waals surface area (Å²) in [6, 6.07) is -0.565. The number of carbonyl (C=O) groups is 1. The first kappa shape index (κ1) is 14.7. The van der Waals surface area contributed by atoms with Crippen molar-refractivity contribution in [3.63, 3.8) is 0 Å².